The fourth-order valence-electron chi connectivity index (χ4n) is 1.94. The highest BCUT2D eigenvalue weighted by Gasteiger charge is 2.09. The molecule has 0 saturated heterocycles. The van der Waals surface area contributed by atoms with E-state index in [4.69, 9.17) is 4.74 Å². The Hall–Kier alpha value is -1.76. The molecule has 20 heavy (non-hydrogen) atoms. The molecule has 0 bridgehead atoms. The predicted molar refractivity (Wildman–Crippen MR) is 73.6 cm³/mol. The summed E-state index contributed by atoms with van der Waals surface area (Å²) < 4.78 is 17.8. The lowest BCUT2D eigenvalue weighted by Gasteiger charge is -2.10. The Morgan fingerprint density at radius 1 is 1.40 bits per heavy atom. The molecule has 2 aromatic rings. The van der Waals surface area contributed by atoms with Crippen LogP contribution in [0.1, 0.15) is 5.56 Å². The number of nitrogens with one attached hydrogen (secondary N) is 2. The zero-order chi connectivity index (χ0) is 14.4. The number of ether oxygens (including phenoxy) is 1. The highest BCUT2D eigenvalue weighted by atomic mass is 19.1. The van der Waals surface area contributed by atoms with E-state index in [1.54, 1.807) is 25.4 Å². The summed E-state index contributed by atoms with van der Waals surface area (Å²) in [5, 5.41) is 19.6. The van der Waals surface area contributed by atoms with Crippen LogP contribution in [0.3, 0.4) is 0 Å². The van der Waals surface area contributed by atoms with Gasteiger partial charge in [-0.2, -0.15) is 5.10 Å². The normalized spacial score (nSPS) is 12.6. The second-order valence-electron chi connectivity index (χ2n) is 4.52. The maximum atomic E-state index is 12.9. The SMILES string of the molecule is COCC(O)CNCc1cn[nH]c1-c1ccc(F)cc1. The number of benzene rings is 1. The summed E-state index contributed by atoms with van der Waals surface area (Å²) in [5.74, 6) is -0.268. The molecule has 0 amide bonds. The van der Waals surface area contributed by atoms with Crippen molar-refractivity contribution in [1.29, 1.82) is 0 Å². The molecule has 0 fully saturated rings. The number of aliphatic hydroxyl groups is 1. The van der Waals surface area contributed by atoms with Crippen molar-refractivity contribution in [3.8, 4) is 11.3 Å². The summed E-state index contributed by atoms with van der Waals surface area (Å²) in [6, 6.07) is 6.23. The Bertz CT molecular complexity index is 527. The third kappa shape index (κ3) is 3.86. The number of halogens is 1. The highest BCUT2D eigenvalue weighted by molar-refractivity contribution is 5.62. The van der Waals surface area contributed by atoms with Gasteiger partial charge in [0.1, 0.15) is 5.82 Å². The van der Waals surface area contributed by atoms with Crippen molar-refractivity contribution in [3.63, 3.8) is 0 Å². The number of methoxy groups -OCH3 is 1. The topological polar surface area (TPSA) is 70.2 Å². The smallest absolute Gasteiger partial charge is 0.123 e. The highest BCUT2D eigenvalue weighted by Crippen LogP contribution is 2.21. The molecule has 6 heteroatoms. The van der Waals surface area contributed by atoms with Crippen LogP contribution in [0.5, 0.6) is 0 Å². The molecule has 2 rings (SSSR count). The Kier molecular flexibility index (Phi) is 5.23. The molecule has 1 heterocycles. The fourth-order valence-corrected chi connectivity index (χ4v) is 1.94. The van der Waals surface area contributed by atoms with Crippen LogP contribution in [0.4, 0.5) is 4.39 Å². The third-order valence-corrected chi connectivity index (χ3v) is 2.91. The molecule has 108 valence electrons. The first-order valence-corrected chi connectivity index (χ1v) is 6.36. The lowest BCUT2D eigenvalue weighted by molar-refractivity contribution is 0.0644. The van der Waals surface area contributed by atoms with E-state index in [0.29, 0.717) is 19.7 Å². The summed E-state index contributed by atoms with van der Waals surface area (Å²) in [6.45, 7) is 1.29. The van der Waals surface area contributed by atoms with Gasteiger partial charge in [0.05, 0.1) is 24.6 Å². The average Bonchev–Trinajstić information content (AvgIpc) is 2.88. The van der Waals surface area contributed by atoms with E-state index in [1.165, 1.54) is 12.1 Å². The van der Waals surface area contributed by atoms with Crippen molar-refractivity contribution >= 4 is 0 Å². The molecule has 0 spiro atoms. The molecule has 0 aliphatic carbocycles. The van der Waals surface area contributed by atoms with Crippen molar-refractivity contribution < 1.29 is 14.2 Å². The molecule has 5 nitrogen and oxygen atoms in total. The van der Waals surface area contributed by atoms with Gasteiger partial charge >= 0.3 is 0 Å². The largest absolute Gasteiger partial charge is 0.389 e. The standard InChI is InChI=1S/C14H18FN3O2/c1-20-9-13(19)8-16-6-11-7-17-18-14(11)10-2-4-12(15)5-3-10/h2-5,7,13,16,19H,6,8-9H2,1H3,(H,17,18). The summed E-state index contributed by atoms with van der Waals surface area (Å²) in [5.41, 5.74) is 2.68. The van der Waals surface area contributed by atoms with E-state index < -0.39 is 6.10 Å². The lowest BCUT2D eigenvalue weighted by Crippen LogP contribution is -2.29. The first-order valence-electron chi connectivity index (χ1n) is 6.36. The maximum absolute atomic E-state index is 12.9. The van der Waals surface area contributed by atoms with Gasteiger partial charge in [0.2, 0.25) is 0 Å². The number of rotatable bonds is 7. The van der Waals surface area contributed by atoms with Gasteiger partial charge in [-0.25, -0.2) is 4.39 Å². The Morgan fingerprint density at radius 2 is 2.15 bits per heavy atom. The van der Waals surface area contributed by atoms with E-state index in [0.717, 1.165) is 16.8 Å². The molecule has 0 aliphatic rings. The molecule has 0 aliphatic heterocycles. The molecule has 1 aromatic heterocycles. The van der Waals surface area contributed by atoms with E-state index in [-0.39, 0.29) is 5.82 Å². The van der Waals surface area contributed by atoms with E-state index in [9.17, 15) is 9.50 Å². The van der Waals surface area contributed by atoms with Gasteiger partial charge in [-0.15, -0.1) is 0 Å². The van der Waals surface area contributed by atoms with Gasteiger partial charge in [-0.05, 0) is 24.3 Å². The van der Waals surface area contributed by atoms with Gasteiger partial charge < -0.3 is 15.2 Å². The minimum absolute atomic E-state index is 0.268. The number of aromatic amines is 1. The Balaban J connectivity index is 1.97. The lowest BCUT2D eigenvalue weighted by atomic mass is 10.1. The molecular weight excluding hydrogens is 261 g/mol. The molecule has 1 atom stereocenters. The molecular formula is C14H18FN3O2. The zero-order valence-corrected chi connectivity index (χ0v) is 11.3. The van der Waals surface area contributed by atoms with Gasteiger partial charge in [0, 0.05) is 31.3 Å². The monoisotopic (exact) mass is 279 g/mol. The van der Waals surface area contributed by atoms with Crippen LogP contribution in [-0.2, 0) is 11.3 Å². The molecule has 3 N–H and O–H groups in total. The number of H-pyrrole nitrogens is 1. The average molecular weight is 279 g/mol. The molecule has 0 radical (unpaired) electrons. The van der Waals surface area contributed by atoms with Crippen molar-refractivity contribution in [2.75, 3.05) is 20.3 Å². The Labute approximate surface area is 116 Å². The maximum Gasteiger partial charge on any atom is 0.123 e. The summed E-state index contributed by atoms with van der Waals surface area (Å²) in [4.78, 5) is 0. The first-order chi connectivity index (χ1) is 9.70. The fraction of sp³-hybridized carbons (Fsp3) is 0.357. The van der Waals surface area contributed by atoms with Crippen LogP contribution >= 0.6 is 0 Å². The second kappa shape index (κ2) is 7.14. The van der Waals surface area contributed by atoms with Crippen LogP contribution in [0.25, 0.3) is 11.3 Å². The summed E-state index contributed by atoms with van der Waals surface area (Å²) in [7, 11) is 1.55. The zero-order valence-electron chi connectivity index (χ0n) is 11.3. The van der Waals surface area contributed by atoms with E-state index >= 15 is 0 Å². The first kappa shape index (κ1) is 14.6. The van der Waals surface area contributed by atoms with E-state index in [2.05, 4.69) is 15.5 Å². The van der Waals surface area contributed by atoms with Crippen LogP contribution in [-0.4, -0.2) is 41.7 Å². The van der Waals surface area contributed by atoms with Gasteiger partial charge in [-0.1, -0.05) is 0 Å². The van der Waals surface area contributed by atoms with Crippen LogP contribution in [0, 0.1) is 5.82 Å². The van der Waals surface area contributed by atoms with Gasteiger partial charge in [0.25, 0.3) is 0 Å². The predicted octanol–water partition coefficient (Wildman–Crippen LogP) is 1.31. The number of aliphatic hydroxyl groups excluding tert-OH is 1. The number of hydrogen-bond donors (Lipinski definition) is 3. The van der Waals surface area contributed by atoms with Crippen molar-refractivity contribution in [2.24, 2.45) is 0 Å². The number of nitrogens with zero attached hydrogens (tertiary/aromatic N) is 1. The van der Waals surface area contributed by atoms with Crippen LogP contribution in [0.2, 0.25) is 0 Å². The summed E-state index contributed by atoms with van der Waals surface area (Å²) >= 11 is 0. The van der Waals surface area contributed by atoms with Crippen LogP contribution < -0.4 is 5.32 Å². The second-order valence-corrected chi connectivity index (χ2v) is 4.52. The van der Waals surface area contributed by atoms with E-state index in [1.807, 2.05) is 0 Å². The Morgan fingerprint density at radius 3 is 2.85 bits per heavy atom. The molecule has 1 unspecified atom stereocenters. The molecule has 0 saturated carbocycles. The minimum Gasteiger partial charge on any atom is -0.389 e. The quantitative estimate of drug-likeness (QED) is 0.715. The third-order valence-electron chi connectivity index (χ3n) is 2.91. The van der Waals surface area contributed by atoms with Gasteiger partial charge in [-0.3, -0.25) is 5.10 Å². The van der Waals surface area contributed by atoms with Crippen molar-refractivity contribution in [2.45, 2.75) is 12.6 Å². The molecule has 1 aromatic carbocycles. The minimum atomic E-state index is -0.541. The number of hydrogen-bond acceptors (Lipinski definition) is 4. The van der Waals surface area contributed by atoms with Crippen molar-refractivity contribution in [3.05, 3.63) is 41.8 Å². The number of aromatic nitrogens is 2. The van der Waals surface area contributed by atoms with Crippen molar-refractivity contribution in [1.82, 2.24) is 15.5 Å². The van der Waals surface area contributed by atoms with Crippen LogP contribution in [0.15, 0.2) is 30.5 Å². The summed E-state index contributed by atoms with van der Waals surface area (Å²) in [6.07, 6.45) is 1.18. The van der Waals surface area contributed by atoms with Gasteiger partial charge in [0.15, 0.2) is 0 Å².